The summed E-state index contributed by atoms with van der Waals surface area (Å²) >= 11 is 0. The molecule has 1 aromatic rings. The first kappa shape index (κ1) is 30.7. The summed E-state index contributed by atoms with van der Waals surface area (Å²) in [6, 6.07) is 4.61. The van der Waals surface area contributed by atoms with Gasteiger partial charge in [-0.1, -0.05) is 0 Å². The van der Waals surface area contributed by atoms with Gasteiger partial charge in [0, 0.05) is 25.2 Å². The fourth-order valence-corrected chi connectivity index (χ4v) is 3.39. The fraction of sp³-hybridized carbons (Fsp3) is 0.667. The highest BCUT2D eigenvalue weighted by atomic mass is 32.2. The molecular formula is C21H35N3O10S. The van der Waals surface area contributed by atoms with Gasteiger partial charge in [0.1, 0.15) is 5.60 Å². The van der Waals surface area contributed by atoms with E-state index in [1.165, 1.54) is 12.1 Å². The molecule has 35 heavy (non-hydrogen) atoms. The van der Waals surface area contributed by atoms with E-state index in [0.717, 1.165) is 12.1 Å². The third-order valence-electron chi connectivity index (χ3n) is 3.93. The number of ether oxygens (including phenoxy) is 5. The standard InChI is InChI=1S/C21H35N3O10S/c1-21(2,3)34-20(25)22-8-10-30-12-14-32-16-17-33-15-13-31-11-9-23-35(28,29)19-6-4-18(5-7-19)24(26)27/h4-7,23H,8-17H2,1-3H3,(H,22,25). The molecule has 1 amide bonds. The molecule has 0 spiro atoms. The monoisotopic (exact) mass is 521 g/mol. The van der Waals surface area contributed by atoms with Crippen molar-refractivity contribution in [3.8, 4) is 0 Å². The predicted molar refractivity (Wildman–Crippen MR) is 126 cm³/mol. The molecule has 0 unspecified atom stereocenters. The van der Waals surface area contributed by atoms with E-state index in [4.69, 9.17) is 23.7 Å². The van der Waals surface area contributed by atoms with Gasteiger partial charge in [-0.05, 0) is 32.9 Å². The average Bonchev–Trinajstić information content (AvgIpc) is 2.77. The Morgan fingerprint density at radius 3 is 1.77 bits per heavy atom. The number of hydrogen-bond acceptors (Lipinski definition) is 10. The van der Waals surface area contributed by atoms with Crippen LogP contribution in [0.25, 0.3) is 0 Å². The summed E-state index contributed by atoms with van der Waals surface area (Å²) in [4.78, 5) is 21.4. The zero-order chi connectivity index (χ0) is 26.2. The van der Waals surface area contributed by atoms with Crippen LogP contribution in [0.15, 0.2) is 29.2 Å². The normalized spacial score (nSPS) is 11.9. The van der Waals surface area contributed by atoms with Crippen LogP contribution in [0.3, 0.4) is 0 Å². The first-order valence-corrected chi connectivity index (χ1v) is 12.5. The first-order valence-electron chi connectivity index (χ1n) is 11.0. The number of sulfonamides is 1. The Hall–Kier alpha value is -2.36. The number of carbonyl (C=O) groups excluding carboxylic acids is 1. The van der Waals surface area contributed by atoms with Gasteiger partial charge in [-0.3, -0.25) is 10.1 Å². The van der Waals surface area contributed by atoms with E-state index in [-0.39, 0.29) is 30.3 Å². The van der Waals surface area contributed by atoms with Gasteiger partial charge in [0.15, 0.2) is 0 Å². The smallest absolute Gasteiger partial charge is 0.407 e. The summed E-state index contributed by atoms with van der Waals surface area (Å²) in [6.07, 6.45) is -0.484. The molecule has 0 aliphatic rings. The molecule has 0 bridgehead atoms. The SMILES string of the molecule is CC(C)(C)OC(=O)NCCOCCOCCOCCOCCNS(=O)(=O)c1ccc([N+](=O)[O-])cc1. The van der Waals surface area contributed by atoms with E-state index < -0.39 is 26.6 Å². The molecule has 0 atom stereocenters. The van der Waals surface area contributed by atoms with Crippen LogP contribution in [0, 0.1) is 10.1 Å². The Kier molecular flexibility index (Phi) is 14.3. The fourth-order valence-electron chi connectivity index (χ4n) is 2.38. The number of hydrogen-bond donors (Lipinski definition) is 2. The van der Waals surface area contributed by atoms with Crippen molar-refractivity contribution in [2.24, 2.45) is 0 Å². The Bertz CT molecular complexity index is 857. The number of nitro groups is 1. The maximum atomic E-state index is 12.1. The van der Waals surface area contributed by atoms with Gasteiger partial charge in [0.2, 0.25) is 10.0 Å². The molecule has 0 aromatic heterocycles. The maximum absolute atomic E-state index is 12.1. The molecule has 200 valence electrons. The second kappa shape index (κ2) is 16.3. The summed E-state index contributed by atoms with van der Waals surface area (Å²) in [5.74, 6) is 0. The van der Waals surface area contributed by atoms with E-state index in [0.29, 0.717) is 46.2 Å². The number of carbonyl (C=O) groups is 1. The molecule has 13 nitrogen and oxygen atoms in total. The van der Waals surface area contributed by atoms with Crippen molar-refractivity contribution >= 4 is 21.8 Å². The third-order valence-corrected chi connectivity index (χ3v) is 5.40. The Labute approximate surface area is 205 Å². The molecule has 0 saturated carbocycles. The van der Waals surface area contributed by atoms with Gasteiger partial charge in [-0.15, -0.1) is 0 Å². The average molecular weight is 522 g/mol. The largest absolute Gasteiger partial charge is 0.444 e. The first-order chi connectivity index (χ1) is 16.5. The molecular weight excluding hydrogens is 486 g/mol. The summed E-state index contributed by atoms with van der Waals surface area (Å²) in [7, 11) is -3.77. The Morgan fingerprint density at radius 1 is 0.857 bits per heavy atom. The summed E-state index contributed by atoms with van der Waals surface area (Å²) in [5, 5.41) is 13.2. The summed E-state index contributed by atoms with van der Waals surface area (Å²) in [6.45, 7) is 8.40. The van der Waals surface area contributed by atoms with Gasteiger partial charge in [-0.25, -0.2) is 17.9 Å². The number of nitrogens with zero attached hydrogens (tertiary/aromatic N) is 1. The molecule has 1 rings (SSSR count). The number of non-ortho nitro benzene ring substituents is 1. The van der Waals surface area contributed by atoms with Crippen molar-refractivity contribution in [3.05, 3.63) is 34.4 Å². The van der Waals surface area contributed by atoms with Crippen LogP contribution in [0.1, 0.15) is 20.8 Å². The predicted octanol–water partition coefficient (Wildman–Crippen LogP) is 1.46. The molecule has 14 heteroatoms. The van der Waals surface area contributed by atoms with E-state index in [9.17, 15) is 23.3 Å². The molecule has 0 aliphatic heterocycles. The highest BCUT2D eigenvalue weighted by molar-refractivity contribution is 7.89. The zero-order valence-corrected chi connectivity index (χ0v) is 21.1. The minimum atomic E-state index is -3.77. The van der Waals surface area contributed by atoms with E-state index in [2.05, 4.69) is 10.0 Å². The molecule has 0 aliphatic carbocycles. The Morgan fingerprint density at radius 2 is 1.31 bits per heavy atom. The van der Waals surface area contributed by atoms with E-state index in [1.54, 1.807) is 20.8 Å². The van der Waals surface area contributed by atoms with Crippen LogP contribution in [0.5, 0.6) is 0 Å². The van der Waals surface area contributed by atoms with Gasteiger partial charge in [-0.2, -0.15) is 0 Å². The number of nitrogens with one attached hydrogen (secondary N) is 2. The van der Waals surface area contributed by atoms with Crippen molar-refractivity contribution in [1.82, 2.24) is 10.0 Å². The van der Waals surface area contributed by atoms with E-state index in [1.807, 2.05) is 0 Å². The number of amides is 1. The lowest BCUT2D eigenvalue weighted by Crippen LogP contribution is -2.34. The summed E-state index contributed by atoms with van der Waals surface area (Å²) in [5.41, 5.74) is -0.720. The number of rotatable bonds is 18. The highest BCUT2D eigenvalue weighted by Gasteiger charge is 2.16. The summed E-state index contributed by atoms with van der Waals surface area (Å²) < 4.78 is 53.0. The molecule has 2 N–H and O–H groups in total. The number of alkyl carbamates (subject to hydrolysis) is 1. The van der Waals surface area contributed by atoms with Crippen molar-refractivity contribution in [1.29, 1.82) is 0 Å². The quantitative estimate of drug-likeness (QED) is 0.164. The molecule has 1 aromatic carbocycles. The van der Waals surface area contributed by atoms with Crippen LogP contribution in [0.4, 0.5) is 10.5 Å². The van der Waals surface area contributed by atoms with Crippen molar-refractivity contribution < 1.29 is 41.8 Å². The second-order valence-corrected chi connectivity index (χ2v) is 9.79. The minimum Gasteiger partial charge on any atom is -0.444 e. The van der Waals surface area contributed by atoms with Crippen molar-refractivity contribution in [3.63, 3.8) is 0 Å². The highest BCUT2D eigenvalue weighted by Crippen LogP contribution is 2.15. The Balaban J connectivity index is 1.92. The van der Waals surface area contributed by atoms with Crippen molar-refractivity contribution in [2.45, 2.75) is 31.3 Å². The van der Waals surface area contributed by atoms with Gasteiger partial charge >= 0.3 is 6.09 Å². The van der Waals surface area contributed by atoms with Gasteiger partial charge in [0.05, 0.1) is 62.7 Å². The third kappa shape index (κ3) is 15.3. The zero-order valence-electron chi connectivity index (χ0n) is 20.3. The molecule has 0 fully saturated rings. The molecule has 0 saturated heterocycles. The number of nitro benzene ring substituents is 1. The van der Waals surface area contributed by atoms with Crippen LogP contribution in [-0.2, 0) is 33.7 Å². The lowest BCUT2D eigenvalue weighted by Gasteiger charge is -2.19. The van der Waals surface area contributed by atoms with Crippen LogP contribution in [0.2, 0.25) is 0 Å². The van der Waals surface area contributed by atoms with Crippen LogP contribution < -0.4 is 10.0 Å². The molecule has 0 heterocycles. The van der Waals surface area contributed by atoms with Crippen LogP contribution >= 0.6 is 0 Å². The topological polar surface area (TPSA) is 165 Å². The lowest BCUT2D eigenvalue weighted by atomic mass is 10.2. The van der Waals surface area contributed by atoms with E-state index >= 15 is 0 Å². The van der Waals surface area contributed by atoms with Crippen LogP contribution in [-0.4, -0.2) is 91.0 Å². The lowest BCUT2D eigenvalue weighted by molar-refractivity contribution is -0.384. The number of benzene rings is 1. The van der Waals surface area contributed by atoms with Crippen molar-refractivity contribution in [2.75, 3.05) is 65.9 Å². The minimum absolute atomic E-state index is 0.0513. The second-order valence-electron chi connectivity index (χ2n) is 8.03. The maximum Gasteiger partial charge on any atom is 0.407 e. The van der Waals surface area contributed by atoms with Gasteiger partial charge in [0.25, 0.3) is 5.69 Å². The van der Waals surface area contributed by atoms with Gasteiger partial charge < -0.3 is 29.0 Å². The molecule has 0 radical (unpaired) electrons.